The van der Waals surface area contributed by atoms with E-state index in [9.17, 15) is 4.79 Å². The van der Waals surface area contributed by atoms with Crippen molar-refractivity contribution in [2.75, 3.05) is 5.32 Å². The van der Waals surface area contributed by atoms with Crippen molar-refractivity contribution in [2.45, 2.75) is 0 Å². The highest BCUT2D eigenvalue weighted by Gasteiger charge is 2.04. The van der Waals surface area contributed by atoms with Gasteiger partial charge < -0.3 is 5.32 Å². The molecule has 4 nitrogen and oxygen atoms in total. The molecule has 0 fully saturated rings. The maximum Gasteiger partial charge on any atom is 0.248 e. The van der Waals surface area contributed by atoms with E-state index in [0.29, 0.717) is 10.0 Å². The summed E-state index contributed by atoms with van der Waals surface area (Å²) in [5, 5.41) is 10.6. The molecule has 0 aliphatic carbocycles. The molecule has 2 aromatic heterocycles. The molecule has 3 aromatic rings. The zero-order valence-corrected chi connectivity index (χ0v) is 11.8. The summed E-state index contributed by atoms with van der Waals surface area (Å²) in [5.74, 6) is -0.198. The van der Waals surface area contributed by atoms with E-state index in [1.54, 1.807) is 18.3 Å². The van der Waals surface area contributed by atoms with Crippen LogP contribution in [0.1, 0.15) is 4.88 Å². The minimum absolute atomic E-state index is 0.198. The number of halogens is 1. The maximum atomic E-state index is 11.9. The molecule has 0 atom stereocenters. The molecule has 0 aliphatic heterocycles. The van der Waals surface area contributed by atoms with Crippen LogP contribution in [0.2, 0.25) is 4.34 Å². The number of carbonyl (C=O) groups is 1. The third-order valence-electron chi connectivity index (χ3n) is 2.73. The van der Waals surface area contributed by atoms with Gasteiger partial charge in [0.25, 0.3) is 0 Å². The van der Waals surface area contributed by atoms with E-state index in [2.05, 4.69) is 15.5 Å². The Balaban J connectivity index is 1.76. The number of aromatic nitrogens is 2. The predicted molar refractivity (Wildman–Crippen MR) is 83.1 cm³/mol. The largest absolute Gasteiger partial charge is 0.321 e. The highest BCUT2D eigenvalue weighted by molar-refractivity contribution is 7.17. The van der Waals surface area contributed by atoms with Crippen molar-refractivity contribution >= 4 is 51.5 Å². The van der Waals surface area contributed by atoms with Crippen LogP contribution in [0.4, 0.5) is 5.69 Å². The Morgan fingerprint density at radius 1 is 1.35 bits per heavy atom. The number of rotatable bonds is 3. The molecule has 6 heteroatoms. The molecule has 0 spiro atoms. The van der Waals surface area contributed by atoms with Crippen LogP contribution in [0.15, 0.2) is 42.6 Å². The van der Waals surface area contributed by atoms with Crippen molar-refractivity contribution in [3.8, 4) is 0 Å². The lowest BCUT2D eigenvalue weighted by molar-refractivity contribution is -0.111. The van der Waals surface area contributed by atoms with E-state index in [1.165, 1.54) is 17.4 Å². The van der Waals surface area contributed by atoms with Gasteiger partial charge in [0, 0.05) is 16.3 Å². The zero-order chi connectivity index (χ0) is 13.9. The fraction of sp³-hybridized carbons (Fsp3) is 0. The maximum absolute atomic E-state index is 11.9. The summed E-state index contributed by atoms with van der Waals surface area (Å²) >= 11 is 7.25. The molecule has 2 N–H and O–H groups in total. The number of benzene rings is 1. The Labute approximate surface area is 124 Å². The summed E-state index contributed by atoms with van der Waals surface area (Å²) in [4.78, 5) is 12.8. The summed E-state index contributed by atoms with van der Waals surface area (Å²) in [6.45, 7) is 0. The summed E-state index contributed by atoms with van der Waals surface area (Å²) in [7, 11) is 0. The molecule has 0 aliphatic rings. The van der Waals surface area contributed by atoms with Crippen molar-refractivity contribution < 1.29 is 4.79 Å². The lowest BCUT2D eigenvalue weighted by Crippen LogP contribution is -2.07. The quantitative estimate of drug-likeness (QED) is 0.720. The van der Waals surface area contributed by atoms with E-state index < -0.39 is 0 Å². The lowest BCUT2D eigenvalue weighted by Gasteiger charge is -2.02. The normalized spacial score (nSPS) is 11.2. The molecule has 0 saturated heterocycles. The van der Waals surface area contributed by atoms with Crippen molar-refractivity contribution in [3.63, 3.8) is 0 Å². The molecule has 3 rings (SSSR count). The fourth-order valence-electron chi connectivity index (χ4n) is 1.82. The number of nitrogens with one attached hydrogen (secondary N) is 2. The molecule has 100 valence electrons. The number of aromatic amines is 1. The fourth-order valence-corrected chi connectivity index (χ4v) is 2.79. The molecule has 0 saturated carbocycles. The average Bonchev–Trinajstić information content (AvgIpc) is 3.05. The predicted octanol–water partition coefficient (Wildman–Crippen LogP) is 3.93. The van der Waals surface area contributed by atoms with Gasteiger partial charge in [-0.05, 0) is 24.3 Å². The molecular weight excluding hydrogens is 294 g/mol. The van der Waals surface area contributed by atoms with Gasteiger partial charge in [0.1, 0.15) is 0 Å². The number of nitrogens with zero attached hydrogens (tertiary/aromatic N) is 1. The van der Waals surface area contributed by atoms with Gasteiger partial charge in [0.05, 0.1) is 21.7 Å². The molecular formula is C14H10ClN3OS. The van der Waals surface area contributed by atoms with Crippen molar-refractivity contribution in [1.29, 1.82) is 0 Å². The second-order valence-electron chi connectivity index (χ2n) is 4.10. The van der Waals surface area contributed by atoms with Crippen LogP contribution >= 0.6 is 22.9 Å². The molecule has 0 unspecified atom stereocenters. The Bertz CT molecular complexity index is 790. The Morgan fingerprint density at radius 3 is 3.05 bits per heavy atom. The first kappa shape index (κ1) is 12.9. The summed E-state index contributed by atoms with van der Waals surface area (Å²) in [6, 6.07) is 9.30. The van der Waals surface area contributed by atoms with Gasteiger partial charge in [-0.2, -0.15) is 5.10 Å². The van der Waals surface area contributed by atoms with Gasteiger partial charge in [-0.3, -0.25) is 9.89 Å². The second kappa shape index (κ2) is 5.48. The Morgan fingerprint density at radius 2 is 2.25 bits per heavy atom. The molecule has 0 bridgehead atoms. The summed E-state index contributed by atoms with van der Waals surface area (Å²) in [5.41, 5.74) is 1.52. The van der Waals surface area contributed by atoms with Crippen LogP contribution in [0.3, 0.4) is 0 Å². The second-order valence-corrected chi connectivity index (χ2v) is 5.85. The van der Waals surface area contributed by atoms with Gasteiger partial charge >= 0.3 is 0 Å². The van der Waals surface area contributed by atoms with Gasteiger partial charge in [0.2, 0.25) is 5.91 Å². The van der Waals surface area contributed by atoms with Crippen LogP contribution in [0, 0.1) is 0 Å². The van der Waals surface area contributed by atoms with Crippen LogP contribution < -0.4 is 5.32 Å². The Kier molecular flexibility index (Phi) is 3.54. The van der Waals surface area contributed by atoms with E-state index in [1.807, 2.05) is 24.3 Å². The summed E-state index contributed by atoms with van der Waals surface area (Å²) in [6.07, 6.45) is 4.94. The average molecular weight is 304 g/mol. The van der Waals surface area contributed by atoms with Gasteiger partial charge in [-0.25, -0.2) is 0 Å². The standard InChI is InChI=1S/C14H10ClN3OS/c15-12-6-4-10(20-12)5-7-13(19)17-11-3-1-2-9-8-16-18-14(9)11/h1-8H,(H,16,18)(H,17,19)/b7-5+. The monoisotopic (exact) mass is 303 g/mol. The number of H-pyrrole nitrogens is 1. The van der Waals surface area contributed by atoms with Crippen molar-refractivity contribution in [1.82, 2.24) is 10.2 Å². The van der Waals surface area contributed by atoms with E-state index in [0.717, 1.165) is 15.8 Å². The number of thiophene rings is 1. The van der Waals surface area contributed by atoms with Crippen LogP contribution in [0.25, 0.3) is 17.0 Å². The van der Waals surface area contributed by atoms with E-state index in [-0.39, 0.29) is 5.91 Å². The zero-order valence-electron chi connectivity index (χ0n) is 10.3. The van der Waals surface area contributed by atoms with E-state index in [4.69, 9.17) is 11.6 Å². The first-order valence-corrected chi connectivity index (χ1v) is 7.08. The number of fused-ring (bicyclic) bond motifs is 1. The summed E-state index contributed by atoms with van der Waals surface area (Å²) < 4.78 is 0.701. The third kappa shape index (κ3) is 2.74. The van der Waals surface area contributed by atoms with Crippen LogP contribution in [-0.4, -0.2) is 16.1 Å². The number of para-hydroxylation sites is 1. The number of anilines is 1. The SMILES string of the molecule is O=C(/C=C/c1ccc(Cl)s1)Nc1cccc2cn[nH]c12. The highest BCUT2D eigenvalue weighted by Crippen LogP contribution is 2.23. The lowest BCUT2D eigenvalue weighted by atomic mass is 10.2. The molecule has 2 heterocycles. The van der Waals surface area contributed by atoms with Crippen molar-refractivity contribution in [2.24, 2.45) is 0 Å². The number of hydrogen-bond donors (Lipinski definition) is 2. The van der Waals surface area contributed by atoms with Gasteiger partial charge in [-0.1, -0.05) is 23.7 Å². The van der Waals surface area contributed by atoms with Crippen LogP contribution in [0.5, 0.6) is 0 Å². The minimum Gasteiger partial charge on any atom is -0.321 e. The van der Waals surface area contributed by atoms with E-state index >= 15 is 0 Å². The molecule has 1 amide bonds. The first-order chi connectivity index (χ1) is 9.72. The van der Waals surface area contributed by atoms with Gasteiger partial charge in [0.15, 0.2) is 0 Å². The molecule has 20 heavy (non-hydrogen) atoms. The highest BCUT2D eigenvalue weighted by atomic mass is 35.5. The molecule has 0 radical (unpaired) electrons. The smallest absolute Gasteiger partial charge is 0.248 e. The Hall–Kier alpha value is -2.11. The first-order valence-electron chi connectivity index (χ1n) is 5.89. The number of amides is 1. The number of carbonyl (C=O) groups excluding carboxylic acids is 1. The van der Waals surface area contributed by atoms with Gasteiger partial charge in [-0.15, -0.1) is 11.3 Å². The topological polar surface area (TPSA) is 57.8 Å². The number of hydrogen-bond acceptors (Lipinski definition) is 3. The van der Waals surface area contributed by atoms with Crippen LogP contribution in [-0.2, 0) is 4.79 Å². The van der Waals surface area contributed by atoms with Crippen molar-refractivity contribution in [3.05, 3.63) is 51.8 Å². The minimum atomic E-state index is -0.198. The third-order valence-corrected chi connectivity index (χ3v) is 3.92. The molecule has 1 aromatic carbocycles.